The molecule has 0 fully saturated rings. The molecule has 0 bridgehead atoms. The Balaban J connectivity index is 3.82. The highest BCUT2D eigenvalue weighted by Gasteiger charge is 2.22. The lowest BCUT2D eigenvalue weighted by Gasteiger charge is -2.15. The molecule has 0 aromatic carbocycles. The first-order valence-corrected chi connectivity index (χ1v) is 5.35. The topological polar surface area (TPSA) is 26.3 Å². The summed E-state index contributed by atoms with van der Waals surface area (Å²) in [5, 5.41) is 0. The van der Waals surface area contributed by atoms with Crippen LogP contribution in [0, 0.1) is 5.92 Å². The van der Waals surface area contributed by atoms with Crippen LogP contribution in [0.3, 0.4) is 0 Å². The fourth-order valence-corrected chi connectivity index (χ4v) is 1.45. The second-order valence-corrected chi connectivity index (χ2v) is 3.91. The second-order valence-electron chi connectivity index (χ2n) is 2.92. The van der Waals surface area contributed by atoms with Crippen molar-refractivity contribution in [3.63, 3.8) is 0 Å². The van der Waals surface area contributed by atoms with Crippen LogP contribution in [0.5, 0.6) is 0 Å². The molecule has 72 valence electrons. The molecular formula is C9H17BrO2. The van der Waals surface area contributed by atoms with Gasteiger partial charge in [-0.25, -0.2) is 0 Å². The number of rotatable bonds is 5. The zero-order valence-electron chi connectivity index (χ0n) is 7.97. The maximum absolute atomic E-state index is 11.2. The highest BCUT2D eigenvalue weighted by atomic mass is 79.9. The van der Waals surface area contributed by atoms with E-state index in [1.165, 1.54) is 0 Å². The van der Waals surface area contributed by atoms with Gasteiger partial charge in [-0.15, -0.1) is 0 Å². The summed E-state index contributed by atoms with van der Waals surface area (Å²) in [7, 11) is 0. The Morgan fingerprint density at radius 1 is 1.50 bits per heavy atom. The monoisotopic (exact) mass is 236 g/mol. The Hall–Kier alpha value is -0.0500. The van der Waals surface area contributed by atoms with Crippen molar-refractivity contribution >= 4 is 21.9 Å². The number of hydrogen-bond donors (Lipinski definition) is 0. The molecule has 0 amide bonds. The van der Waals surface area contributed by atoms with Gasteiger partial charge in [0.25, 0.3) is 0 Å². The molecule has 0 radical (unpaired) electrons. The smallest absolute Gasteiger partial charge is 0.319 e. The highest BCUT2D eigenvalue weighted by molar-refractivity contribution is 9.10. The van der Waals surface area contributed by atoms with Gasteiger partial charge in [0, 0.05) is 0 Å². The number of carbonyl (C=O) groups is 1. The molecular weight excluding hydrogens is 220 g/mol. The van der Waals surface area contributed by atoms with E-state index in [1.54, 1.807) is 0 Å². The van der Waals surface area contributed by atoms with Gasteiger partial charge in [0.2, 0.25) is 0 Å². The van der Waals surface area contributed by atoms with E-state index in [-0.39, 0.29) is 10.8 Å². The molecule has 2 atom stereocenters. The van der Waals surface area contributed by atoms with Crippen molar-refractivity contribution in [3.8, 4) is 0 Å². The van der Waals surface area contributed by atoms with E-state index < -0.39 is 0 Å². The van der Waals surface area contributed by atoms with E-state index in [4.69, 9.17) is 4.74 Å². The van der Waals surface area contributed by atoms with Crippen LogP contribution in [-0.4, -0.2) is 17.4 Å². The molecule has 0 rings (SSSR count). The zero-order valence-corrected chi connectivity index (χ0v) is 9.56. The third-order valence-corrected chi connectivity index (χ3v) is 3.03. The molecule has 0 N–H and O–H groups in total. The Morgan fingerprint density at radius 2 is 2.08 bits per heavy atom. The fraction of sp³-hybridized carbons (Fsp3) is 0.889. The average Bonchev–Trinajstić information content (AvgIpc) is 2.04. The van der Waals surface area contributed by atoms with E-state index in [1.807, 2.05) is 6.92 Å². The number of carbonyl (C=O) groups excluding carboxylic acids is 1. The van der Waals surface area contributed by atoms with E-state index in [9.17, 15) is 4.79 Å². The second kappa shape index (κ2) is 6.46. The van der Waals surface area contributed by atoms with Gasteiger partial charge in [0.1, 0.15) is 4.83 Å². The Morgan fingerprint density at radius 3 is 2.50 bits per heavy atom. The van der Waals surface area contributed by atoms with E-state index in [0.717, 1.165) is 12.8 Å². The first kappa shape index (κ1) is 11.9. The summed E-state index contributed by atoms with van der Waals surface area (Å²) >= 11 is 3.34. The summed E-state index contributed by atoms with van der Waals surface area (Å²) in [6.45, 7) is 6.45. The van der Waals surface area contributed by atoms with Gasteiger partial charge < -0.3 is 4.74 Å². The van der Waals surface area contributed by atoms with Crippen LogP contribution in [0.25, 0.3) is 0 Å². The van der Waals surface area contributed by atoms with E-state index >= 15 is 0 Å². The normalized spacial score (nSPS) is 15.3. The van der Waals surface area contributed by atoms with Crippen LogP contribution in [0.4, 0.5) is 0 Å². The molecule has 12 heavy (non-hydrogen) atoms. The molecule has 2 nitrogen and oxygen atoms in total. The van der Waals surface area contributed by atoms with Crippen LogP contribution < -0.4 is 0 Å². The molecule has 0 aliphatic carbocycles. The maximum atomic E-state index is 11.2. The van der Waals surface area contributed by atoms with E-state index in [0.29, 0.717) is 12.5 Å². The van der Waals surface area contributed by atoms with Crippen LogP contribution >= 0.6 is 15.9 Å². The van der Waals surface area contributed by atoms with Crippen molar-refractivity contribution in [2.24, 2.45) is 5.92 Å². The Kier molecular flexibility index (Phi) is 6.44. The maximum Gasteiger partial charge on any atom is 0.319 e. The minimum absolute atomic E-state index is 0.140. The van der Waals surface area contributed by atoms with E-state index in [2.05, 4.69) is 29.8 Å². The standard InChI is InChI=1S/C9H17BrO2/c1-4-6-7(3)8(10)9(11)12-5-2/h7-8H,4-6H2,1-3H3. The number of hydrogen-bond acceptors (Lipinski definition) is 2. The lowest BCUT2D eigenvalue weighted by molar-refractivity contribution is -0.143. The molecule has 0 aliphatic rings. The number of halogens is 1. The van der Waals surface area contributed by atoms with Crippen molar-refractivity contribution < 1.29 is 9.53 Å². The number of ether oxygens (including phenoxy) is 1. The third kappa shape index (κ3) is 4.10. The predicted molar refractivity (Wildman–Crippen MR) is 53.4 cm³/mol. The molecule has 2 unspecified atom stereocenters. The highest BCUT2D eigenvalue weighted by Crippen LogP contribution is 2.19. The van der Waals surface area contributed by atoms with Crippen molar-refractivity contribution in [2.45, 2.75) is 38.4 Å². The van der Waals surface area contributed by atoms with Gasteiger partial charge in [-0.1, -0.05) is 36.2 Å². The quantitative estimate of drug-likeness (QED) is 0.542. The van der Waals surface area contributed by atoms with Crippen LogP contribution in [-0.2, 0) is 9.53 Å². The predicted octanol–water partition coefficient (Wildman–Crippen LogP) is 2.75. The first-order valence-electron chi connectivity index (χ1n) is 4.44. The van der Waals surface area contributed by atoms with Gasteiger partial charge >= 0.3 is 5.97 Å². The van der Waals surface area contributed by atoms with Crippen molar-refractivity contribution in [2.75, 3.05) is 6.61 Å². The molecule has 0 saturated carbocycles. The first-order chi connectivity index (χ1) is 5.63. The van der Waals surface area contributed by atoms with Crippen LogP contribution in [0.15, 0.2) is 0 Å². The Bertz CT molecular complexity index is 136. The third-order valence-electron chi connectivity index (χ3n) is 1.76. The van der Waals surface area contributed by atoms with Crippen molar-refractivity contribution in [1.29, 1.82) is 0 Å². The summed E-state index contributed by atoms with van der Waals surface area (Å²) < 4.78 is 4.89. The van der Waals surface area contributed by atoms with Gasteiger partial charge in [0.15, 0.2) is 0 Å². The van der Waals surface area contributed by atoms with Gasteiger partial charge in [0.05, 0.1) is 6.61 Å². The summed E-state index contributed by atoms with van der Waals surface area (Å²) in [5.41, 5.74) is 0. The molecule has 0 aromatic heterocycles. The summed E-state index contributed by atoms with van der Waals surface area (Å²) in [4.78, 5) is 11.0. The SMILES string of the molecule is CCCC(C)C(Br)C(=O)OCC. The van der Waals surface area contributed by atoms with Gasteiger partial charge in [-0.05, 0) is 19.3 Å². The summed E-state index contributed by atoms with van der Waals surface area (Å²) in [6.07, 6.45) is 2.15. The molecule has 0 aliphatic heterocycles. The van der Waals surface area contributed by atoms with Gasteiger partial charge in [-0.2, -0.15) is 0 Å². The fourth-order valence-electron chi connectivity index (χ4n) is 1.06. The minimum Gasteiger partial charge on any atom is -0.465 e. The van der Waals surface area contributed by atoms with Crippen LogP contribution in [0.2, 0.25) is 0 Å². The Labute approximate surface area is 82.8 Å². The lowest BCUT2D eigenvalue weighted by atomic mass is 10.0. The van der Waals surface area contributed by atoms with Crippen LogP contribution in [0.1, 0.15) is 33.6 Å². The molecule has 0 spiro atoms. The zero-order chi connectivity index (χ0) is 9.56. The number of esters is 1. The molecule has 0 saturated heterocycles. The number of alkyl halides is 1. The lowest BCUT2D eigenvalue weighted by Crippen LogP contribution is -2.24. The molecule has 0 heterocycles. The van der Waals surface area contributed by atoms with Gasteiger partial charge in [-0.3, -0.25) is 4.79 Å². The average molecular weight is 237 g/mol. The minimum atomic E-state index is -0.141. The summed E-state index contributed by atoms with van der Waals surface area (Å²) in [5.74, 6) is 0.215. The van der Waals surface area contributed by atoms with Crippen molar-refractivity contribution in [3.05, 3.63) is 0 Å². The summed E-state index contributed by atoms with van der Waals surface area (Å²) in [6, 6.07) is 0. The molecule has 3 heteroatoms. The largest absolute Gasteiger partial charge is 0.465 e. The van der Waals surface area contributed by atoms with Crippen molar-refractivity contribution in [1.82, 2.24) is 0 Å². The molecule has 0 aromatic rings.